The zero-order chi connectivity index (χ0) is 12.4. The summed E-state index contributed by atoms with van der Waals surface area (Å²) in [7, 11) is 0. The Balaban J connectivity index is 2.39. The lowest BCUT2D eigenvalue weighted by Crippen LogP contribution is -2.01. The maximum Gasteiger partial charge on any atom is 0.0352 e. The number of hydrogen-bond donors (Lipinski definition) is 1. The van der Waals surface area contributed by atoms with Gasteiger partial charge in [0.15, 0.2) is 0 Å². The molecule has 0 aliphatic carbocycles. The Morgan fingerprint density at radius 2 is 1.47 bits per heavy atom. The van der Waals surface area contributed by atoms with E-state index in [1.807, 2.05) is 6.07 Å². The number of nitrogen functional groups attached to an aromatic ring is 1. The van der Waals surface area contributed by atoms with Crippen molar-refractivity contribution in [2.75, 3.05) is 5.73 Å². The van der Waals surface area contributed by atoms with Gasteiger partial charge >= 0.3 is 0 Å². The van der Waals surface area contributed by atoms with E-state index in [1.165, 1.54) is 22.3 Å². The first-order chi connectivity index (χ1) is 8.08. The number of aryl methyl sites for hydroxylation is 2. The Bertz CT molecular complexity index is 512. The Kier molecular flexibility index (Phi) is 3.19. The fraction of sp³-hybridized carbons (Fsp3) is 0.250. The van der Waals surface area contributed by atoms with Gasteiger partial charge in [-0.3, -0.25) is 0 Å². The zero-order valence-electron chi connectivity index (χ0n) is 10.7. The Morgan fingerprint density at radius 3 is 2.12 bits per heavy atom. The molecule has 2 rings (SSSR count). The SMILES string of the molecule is Cc1ccc([C@@H](C)c2cc(C)ccc2N)cc1. The molecule has 0 saturated carbocycles. The highest BCUT2D eigenvalue weighted by atomic mass is 14.6. The van der Waals surface area contributed by atoms with Gasteiger partial charge in [0.05, 0.1) is 0 Å². The lowest BCUT2D eigenvalue weighted by atomic mass is 9.90. The summed E-state index contributed by atoms with van der Waals surface area (Å²) in [6.45, 7) is 6.41. The van der Waals surface area contributed by atoms with Gasteiger partial charge in [-0.1, -0.05) is 54.4 Å². The van der Waals surface area contributed by atoms with Gasteiger partial charge in [0, 0.05) is 11.6 Å². The normalized spacial score (nSPS) is 12.4. The first-order valence-electron chi connectivity index (χ1n) is 6.00. The third-order valence-corrected chi connectivity index (χ3v) is 3.29. The number of nitrogens with two attached hydrogens (primary N) is 1. The average Bonchev–Trinajstić information content (AvgIpc) is 2.32. The highest BCUT2D eigenvalue weighted by Crippen LogP contribution is 2.29. The molecule has 0 radical (unpaired) electrons. The fourth-order valence-electron chi connectivity index (χ4n) is 2.10. The molecule has 2 aromatic rings. The molecule has 0 heterocycles. The molecule has 0 unspecified atom stereocenters. The van der Waals surface area contributed by atoms with Crippen molar-refractivity contribution in [2.45, 2.75) is 26.7 Å². The van der Waals surface area contributed by atoms with Crippen LogP contribution in [0.15, 0.2) is 42.5 Å². The molecule has 0 aromatic heterocycles. The second-order valence-electron chi connectivity index (χ2n) is 4.76. The Morgan fingerprint density at radius 1 is 0.882 bits per heavy atom. The summed E-state index contributed by atoms with van der Waals surface area (Å²) in [6, 6.07) is 14.9. The molecular formula is C16H19N. The van der Waals surface area contributed by atoms with E-state index in [1.54, 1.807) is 0 Å². The molecule has 2 aromatic carbocycles. The number of hydrogen-bond acceptors (Lipinski definition) is 1. The van der Waals surface area contributed by atoms with Crippen molar-refractivity contribution in [3.63, 3.8) is 0 Å². The van der Waals surface area contributed by atoms with Crippen LogP contribution in [0.1, 0.15) is 35.1 Å². The quantitative estimate of drug-likeness (QED) is 0.767. The summed E-state index contributed by atoms with van der Waals surface area (Å²) in [5, 5.41) is 0. The van der Waals surface area contributed by atoms with Crippen LogP contribution in [-0.2, 0) is 0 Å². The molecule has 0 bridgehead atoms. The van der Waals surface area contributed by atoms with Crippen molar-refractivity contribution in [3.8, 4) is 0 Å². The van der Waals surface area contributed by atoms with Crippen molar-refractivity contribution in [1.29, 1.82) is 0 Å². The van der Waals surface area contributed by atoms with Crippen LogP contribution in [0.25, 0.3) is 0 Å². The summed E-state index contributed by atoms with van der Waals surface area (Å²) in [4.78, 5) is 0. The van der Waals surface area contributed by atoms with Crippen LogP contribution in [-0.4, -0.2) is 0 Å². The van der Waals surface area contributed by atoms with E-state index in [0.29, 0.717) is 5.92 Å². The van der Waals surface area contributed by atoms with E-state index in [0.717, 1.165) is 5.69 Å². The molecule has 1 heteroatoms. The number of rotatable bonds is 2. The fourth-order valence-corrected chi connectivity index (χ4v) is 2.10. The monoisotopic (exact) mass is 225 g/mol. The van der Waals surface area contributed by atoms with Crippen LogP contribution in [0.5, 0.6) is 0 Å². The molecule has 0 amide bonds. The second kappa shape index (κ2) is 4.62. The maximum absolute atomic E-state index is 6.06. The maximum atomic E-state index is 6.06. The molecule has 0 fully saturated rings. The van der Waals surface area contributed by atoms with Gasteiger partial charge in [-0.2, -0.15) is 0 Å². The van der Waals surface area contributed by atoms with E-state index in [4.69, 9.17) is 5.73 Å². The molecule has 2 N–H and O–H groups in total. The lowest BCUT2D eigenvalue weighted by Gasteiger charge is -2.16. The molecule has 1 atom stereocenters. The van der Waals surface area contributed by atoms with E-state index in [9.17, 15) is 0 Å². The van der Waals surface area contributed by atoms with Crippen LogP contribution in [0, 0.1) is 13.8 Å². The van der Waals surface area contributed by atoms with Crippen LogP contribution in [0.2, 0.25) is 0 Å². The van der Waals surface area contributed by atoms with Crippen molar-refractivity contribution < 1.29 is 0 Å². The minimum atomic E-state index is 0.343. The van der Waals surface area contributed by atoms with Gasteiger partial charge in [0.2, 0.25) is 0 Å². The van der Waals surface area contributed by atoms with E-state index >= 15 is 0 Å². The van der Waals surface area contributed by atoms with Crippen molar-refractivity contribution >= 4 is 5.69 Å². The van der Waals surface area contributed by atoms with Crippen LogP contribution >= 0.6 is 0 Å². The summed E-state index contributed by atoms with van der Waals surface area (Å²) in [5.41, 5.74) is 12.0. The van der Waals surface area contributed by atoms with Crippen molar-refractivity contribution in [1.82, 2.24) is 0 Å². The second-order valence-corrected chi connectivity index (χ2v) is 4.76. The van der Waals surface area contributed by atoms with Crippen LogP contribution in [0.3, 0.4) is 0 Å². The smallest absolute Gasteiger partial charge is 0.0352 e. The predicted molar refractivity (Wildman–Crippen MR) is 74.3 cm³/mol. The standard InChI is InChI=1S/C16H19N/c1-11-4-7-14(8-5-11)13(3)15-10-12(2)6-9-16(15)17/h4-10,13H,17H2,1-3H3/t13-/m1/s1. The van der Waals surface area contributed by atoms with Gasteiger partial charge in [-0.15, -0.1) is 0 Å². The first kappa shape index (κ1) is 11.7. The Hall–Kier alpha value is -1.76. The molecule has 17 heavy (non-hydrogen) atoms. The molecular weight excluding hydrogens is 206 g/mol. The minimum absolute atomic E-state index is 0.343. The average molecular weight is 225 g/mol. The first-order valence-corrected chi connectivity index (χ1v) is 6.00. The molecule has 0 aliphatic heterocycles. The molecule has 88 valence electrons. The van der Waals surface area contributed by atoms with E-state index < -0.39 is 0 Å². The zero-order valence-corrected chi connectivity index (χ0v) is 10.7. The van der Waals surface area contributed by atoms with Crippen molar-refractivity contribution in [3.05, 3.63) is 64.7 Å². The largest absolute Gasteiger partial charge is 0.398 e. The molecule has 0 spiro atoms. The van der Waals surface area contributed by atoms with Gasteiger partial charge in [0.1, 0.15) is 0 Å². The minimum Gasteiger partial charge on any atom is -0.398 e. The van der Waals surface area contributed by atoms with Gasteiger partial charge < -0.3 is 5.73 Å². The highest BCUT2D eigenvalue weighted by molar-refractivity contribution is 5.53. The van der Waals surface area contributed by atoms with Gasteiger partial charge in [-0.05, 0) is 31.0 Å². The van der Waals surface area contributed by atoms with Gasteiger partial charge in [-0.25, -0.2) is 0 Å². The van der Waals surface area contributed by atoms with Gasteiger partial charge in [0.25, 0.3) is 0 Å². The topological polar surface area (TPSA) is 26.0 Å². The van der Waals surface area contributed by atoms with Crippen molar-refractivity contribution in [2.24, 2.45) is 0 Å². The summed E-state index contributed by atoms with van der Waals surface area (Å²) >= 11 is 0. The molecule has 0 aliphatic rings. The lowest BCUT2D eigenvalue weighted by molar-refractivity contribution is 0.922. The summed E-state index contributed by atoms with van der Waals surface area (Å²) < 4.78 is 0. The third-order valence-electron chi connectivity index (χ3n) is 3.29. The van der Waals surface area contributed by atoms with E-state index in [-0.39, 0.29) is 0 Å². The van der Waals surface area contributed by atoms with E-state index in [2.05, 4.69) is 57.2 Å². The third kappa shape index (κ3) is 2.50. The Labute approximate surface area is 103 Å². The number of benzene rings is 2. The van der Waals surface area contributed by atoms with Crippen LogP contribution < -0.4 is 5.73 Å². The number of anilines is 1. The highest BCUT2D eigenvalue weighted by Gasteiger charge is 2.11. The summed E-state index contributed by atoms with van der Waals surface area (Å²) in [6.07, 6.45) is 0. The molecule has 0 saturated heterocycles. The van der Waals surface area contributed by atoms with Crippen LogP contribution in [0.4, 0.5) is 5.69 Å². The molecule has 1 nitrogen and oxygen atoms in total. The summed E-state index contributed by atoms with van der Waals surface area (Å²) in [5.74, 6) is 0.343. The predicted octanol–water partition coefficient (Wildman–Crippen LogP) is 4.04.